The highest BCUT2D eigenvalue weighted by Gasteiger charge is 2.16. The van der Waals surface area contributed by atoms with Crippen molar-refractivity contribution in [2.75, 3.05) is 13.7 Å². The van der Waals surface area contributed by atoms with Gasteiger partial charge in [-0.2, -0.15) is 0 Å². The van der Waals surface area contributed by atoms with E-state index in [2.05, 4.69) is 53.5 Å². The van der Waals surface area contributed by atoms with Crippen molar-refractivity contribution < 1.29 is 4.74 Å². The first-order valence-corrected chi connectivity index (χ1v) is 6.95. The summed E-state index contributed by atoms with van der Waals surface area (Å²) >= 11 is 0. The molecule has 1 aliphatic rings. The van der Waals surface area contributed by atoms with Crippen LogP contribution in [0.5, 0.6) is 5.75 Å². The van der Waals surface area contributed by atoms with E-state index >= 15 is 0 Å². The molecule has 1 heterocycles. The predicted molar refractivity (Wildman–Crippen MR) is 82.6 cm³/mol. The second kappa shape index (κ2) is 5.93. The average molecular weight is 265 g/mol. The first-order valence-electron chi connectivity index (χ1n) is 6.95. The van der Waals surface area contributed by atoms with Crippen molar-refractivity contribution in [2.45, 2.75) is 13.1 Å². The fourth-order valence-electron chi connectivity index (χ4n) is 2.59. The summed E-state index contributed by atoms with van der Waals surface area (Å²) in [4.78, 5) is 2.45. The van der Waals surface area contributed by atoms with Crippen molar-refractivity contribution in [1.82, 2.24) is 4.90 Å². The van der Waals surface area contributed by atoms with Crippen molar-refractivity contribution in [3.8, 4) is 5.75 Å². The Morgan fingerprint density at radius 2 is 1.65 bits per heavy atom. The van der Waals surface area contributed by atoms with E-state index < -0.39 is 0 Å². The van der Waals surface area contributed by atoms with Crippen LogP contribution in [0, 0.1) is 0 Å². The topological polar surface area (TPSA) is 12.5 Å². The lowest BCUT2D eigenvalue weighted by atomic mass is 10.1. The highest BCUT2D eigenvalue weighted by molar-refractivity contribution is 5.50. The zero-order valence-corrected chi connectivity index (χ0v) is 11.8. The summed E-state index contributed by atoms with van der Waals surface area (Å²) in [6, 6.07) is 16.8. The second-order valence-electron chi connectivity index (χ2n) is 5.11. The lowest BCUT2D eigenvalue weighted by Gasteiger charge is -2.11. The van der Waals surface area contributed by atoms with Crippen LogP contribution in [0.2, 0.25) is 0 Å². The Labute approximate surface area is 120 Å². The van der Waals surface area contributed by atoms with Gasteiger partial charge in [0, 0.05) is 19.6 Å². The first-order chi connectivity index (χ1) is 9.85. The largest absolute Gasteiger partial charge is 0.497 e. The smallest absolute Gasteiger partial charge is 0.118 e. The number of rotatable bonds is 4. The molecule has 0 saturated heterocycles. The Hall–Kier alpha value is -2.06. The highest BCUT2D eigenvalue weighted by atomic mass is 16.5. The first kappa shape index (κ1) is 12.9. The van der Waals surface area contributed by atoms with E-state index in [1.54, 1.807) is 7.11 Å². The molecular weight excluding hydrogens is 246 g/mol. The number of fused-ring (bicyclic) bond motifs is 1. The fourth-order valence-corrected chi connectivity index (χ4v) is 2.59. The molecule has 20 heavy (non-hydrogen) atoms. The van der Waals surface area contributed by atoms with Crippen LogP contribution in [0.15, 0.2) is 54.6 Å². The summed E-state index contributed by atoms with van der Waals surface area (Å²) in [6.07, 6.45) is 4.40. The minimum atomic E-state index is 0.900. The molecule has 0 saturated carbocycles. The number of methoxy groups -OCH3 is 1. The Morgan fingerprint density at radius 1 is 1.00 bits per heavy atom. The zero-order valence-electron chi connectivity index (χ0n) is 11.8. The van der Waals surface area contributed by atoms with E-state index in [4.69, 9.17) is 4.74 Å². The van der Waals surface area contributed by atoms with E-state index in [1.165, 1.54) is 16.7 Å². The maximum absolute atomic E-state index is 5.16. The van der Waals surface area contributed by atoms with Gasteiger partial charge in [-0.1, -0.05) is 48.6 Å². The third-order valence-corrected chi connectivity index (χ3v) is 3.70. The standard InChI is InChI=1S/C18H19NO/c1-20-18-10-8-15(9-11-18)5-4-12-19-13-16-6-2-3-7-17(16)14-19/h2-11H,12-14H2,1H3. The van der Waals surface area contributed by atoms with Crippen molar-refractivity contribution in [2.24, 2.45) is 0 Å². The van der Waals surface area contributed by atoms with Gasteiger partial charge in [0.25, 0.3) is 0 Å². The van der Waals surface area contributed by atoms with E-state index in [0.29, 0.717) is 0 Å². The molecule has 2 nitrogen and oxygen atoms in total. The van der Waals surface area contributed by atoms with Gasteiger partial charge in [-0.15, -0.1) is 0 Å². The monoisotopic (exact) mass is 265 g/mol. The quantitative estimate of drug-likeness (QED) is 0.835. The van der Waals surface area contributed by atoms with Crippen LogP contribution in [0.3, 0.4) is 0 Å². The van der Waals surface area contributed by atoms with Crippen molar-refractivity contribution in [3.05, 3.63) is 71.3 Å². The summed E-state index contributed by atoms with van der Waals surface area (Å²) in [5.74, 6) is 0.900. The van der Waals surface area contributed by atoms with Gasteiger partial charge in [0.1, 0.15) is 5.75 Å². The molecule has 2 aromatic carbocycles. The summed E-state index contributed by atoms with van der Waals surface area (Å²) in [5.41, 5.74) is 4.14. The van der Waals surface area contributed by atoms with Gasteiger partial charge in [-0.25, -0.2) is 0 Å². The second-order valence-corrected chi connectivity index (χ2v) is 5.11. The predicted octanol–water partition coefficient (Wildman–Crippen LogP) is 3.72. The number of nitrogens with zero attached hydrogens (tertiary/aromatic N) is 1. The van der Waals surface area contributed by atoms with Gasteiger partial charge in [-0.3, -0.25) is 4.90 Å². The Morgan fingerprint density at radius 3 is 2.25 bits per heavy atom. The van der Waals surface area contributed by atoms with Gasteiger partial charge >= 0.3 is 0 Å². The van der Waals surface area contributed by atoms with Crippen molar-refractivity contribution in [3.63, 3.8) is 0 Å². The van der Waals surface area contributed by atoms with E-state index in [-0.39, 0.29) is 0 Å². The molecule has 0 aliphatic carbocycles. The van der Waals surface area contributed by atoms with Gasteiger partial charge in [0.05, 0.1) is 7.11 Å². The van der Waals surface area contributed by atoms with E-state index in [9.17, 15) is 0 Å². The Balaban J connectivity index is 1.56. The third kappa shape index (κ3) is 2.91. The summed E-state index contributed by atoms with van der Waals surface area (Å²) in [6.45, 7) is 3.10. The molecule has 0 radical (unpaired) electrons. The molecule has 0 fully saturated rings. The number of ether oxygens (including phenoxy) is 1. The number of hydrogen-bond acceptors (Lipinski definition) is 2. The Bertz CT molecular complexity index is 576. The molecular formula is C18H19NO. The average Bonchev–Trinajstić information content (AvgIpc) is 2.90. The number of hydrogen-bond donors (Lipinski definition) is 0. The molecule has 2 heteroatoms. The maximum Gasteiger partial charge on any atom is 0.118 e. The number of benzene rings is 2. The summed E-state index contributed by atoms with van der Waals surface area (Å²) in [7, 11) is 1.69. The van der Waals surface area contributed by atoms with Gasteiger partial charge in [0.15, 0.2) is 0 Å². The lowest BCUT2D eigenvalue weighted by molar-refractivity contribution is 0.317. The molecule has 102 valence electrons. The Kier molecular flexibility index (Phi) is 3.84. The van der Waals surface area contributed by atoms with Crippen LogP contribution < -0.4 is 4.74 Å². The van der Waals surface area contributed by atoms with Crippen LogP contribution >= 0.6 is 0 Å². The summed E-state index contributed by atoms with van der Waals surface area (Å²) < 4.78 is 5.16. The molecule has 1 aliphatic heterocycles. The van der Waals surface area contributed by atoms with E-state index in [0.717, 1.165) is 25.4 Å². The highest BCUT2D eigenvalue weighted by Crippen LogP contribution is 2.21. The minimum absolute atomic E-state index is 0.900. The minimum Gasteiger partial charge on any atom is -0.497 e. The van der Waals surface area contributed by atoms with Gasteiger partial charge in [-0.05, 0) is 28.8 Å². The van der Waals surface area contributed by atoms with Gasteiger partial charge in [0.2, 0.25) is 0 Å². The molecule has 0 aromatic heterocycles. The lowest BCUT2D eigenvalue weighted by Crippen LogP contribution is -2.15. The molecule has 2 aromatic rings. The molecule has 0 bridgehead atoms. The van der Waals surface area contributed by atoms with Crippen molar-refractivity contribution in [1.29, 1.82) is 0 Å². The molecule has 0 spiro atoms. The maximum atomic E-state index is 5.16. The van der Waals surface area contributed by atoms with E-state index in [1.807, 2.05) is 12.1 Å². The normalized spacial score (nSPS) is 14.7. The fraction of sp³-hybridized carbons (Fsp3) is 0.222. The van der Waals surface area contributed by atoms with Crippen LogP contribution in [-0.2, 0) is 13.1 Å². The summed E-state index contributed by atoms with van der Waals surface area (Å²) in [5, 5.41) is 0. The van der Waals surface area contributed by atoms with Gasteiger partial charge < -0.3 is 4.74 Å². The third-order valence-electron chi connectivity index (χ3n) is 3.70. The molecule has 0 N–H and O–H groups in total. The SMILES string of the molecule is COc1ccc(C=CCN2Cc3ccccc3C2)cc1. The van der Waals surface area contributed by atoms with Crippen molar-refractivity contribution >= 4 is 6.08 Å². The van der Waals surface area contributed by atoms with Crippen LogP contribution in [-0.4, -0.2) is 18.6 Å². The molecule has 0 amide bonds. The van der Waals surface area contributed by atoms with Crippen LogP contribution in [0.4, 0.5) is 0 Å². The molecule has 0 atom stereocenters. The van der Waals surface area contributed by atoms with Crippen LogP contribution in [0.25, 0.3) is 6.08 Å². The van der Waals surface area contributed by atoms with Crippen LogP contribution in [0.1, 0.15) is 16.7 Å². The zero-order chi connectivity index (χ0) is 13.8. The molecule has 3 rings (SSSR count). The molecule has 0 unspecified atom stereocenters.